The number of hydrogen-bond acceptors (Lipinski definition) is 3. The molecule has 0 saturated carbocycles. The number of nitrogens with zero attached hydrogens (tertiary/aromatic N) is 2. The van der Waals surface area contributed by atoms with Crippen molar-refractivity contribution in [1.29, 1.82) is 0 Å². The van der Waals surface area contributed by atoms with Gasteiger partial charge in [-0.1, -0.05) is 108 Å². The van der Waals surface area contributed by atoms with E-state index < -0.39 is 0 Å². The number of rotatable bonds is 2. The normalized spacial score (nSPS) is 11.9. The Morgan fingerprint density at radius 1 is 0.476 bits per heavy atom. The molecule has 196 valence electrons. The van der Waals surface area contributed by atoms with Crippen LogP contribution in [0, 0.1) is 0 Å². The van der Waals surface area contributed by atoms with Crippen LogP contribution in [0.4, 0.5) is 0 Å². The summed E-state index contributed by atoms with van der Waals surface area (Å²) in [5.74, 6) is 0. The van der Waals surface area contributed by atoms with E-state index in [-0.39, 0.29) is 5.56 Å². The summed E-state index contributed by atoms with van der Waals surface area (Å²) in [6, 6.07) is 46.8. The minimum Gasteiger partial charge on any atom is -0.268 e. The maximum atomic E-state index is 13.3. The number of hydrogen-bond donors (Lipinski definition) is 0. The van der Waals surface area contributed by atoms with Gasteiger partial charge in [0.05, 0.1) is 21.1 Å². The number of aromatic nitrogens is 2. The molecule has 2 aromatic heterocycles. The van der Waals surface area contributed by atoms with Gasteiger partial charge in [0.1, 0.15) is 0 Å². The molecule has 0 N–H and O–H groups in total. The van der Waals surface area contributed by atoms with Crippen molar-refractivity contribution in [1.82, 2.24) is 9.38 Å². The van der Waals surface area contributed by atoms with Crippen molar-refractivity contribution in [2.75, 3.05) is 0 Å². The van der Waals surface area contributed by atoms with Crippen LogP contribution >= 0.6 is 11.3 Å². The van der Waals surface area contributed by atoms with Gasteiger partial charge in [0, 0.05) is 0 Å². The summed E-state index contributed by atoms with van der Waals surface area (Å²) in [5, 5.41) is 8.31. The molecule has 0 fully saturated rings. The van der Waals surface area contributed by atoms with Crippen LogP contribution in [0.3, 0.4) is 0 Å². The molecule has 0 aliphatic carbocycles. The molecule has 0 radical (unpaired) electrons. The summed E-state index contributed by atoms with van der Waals surface area (Å²) in [7, 11) is 0. The highest BCUT2D eigenvalue weighted by atomic mass is 32.1. The first-order valence-electron chi connectivity index (χ1n) is 14.0. The Bertz CT molecular complexity index is 2580. The van der Waals surface area contributed by atoms with Crippen molar-refractivity contribution in [3.63, 3.8) is 0 Å². The van der Waals surface area contributed by atoms with E-state index in [1.54, 1.807) is 15.7 Å². The lowest BCUT2D eigenvalue weighted by atomic mass is 9.91. The van der Waals surface area contributed by atoms with Crippen molar-refractivity contribution in [3.8, 4) is 22.3 Å². The molecule has 7 aromatic carbocycles. The highest BCUT2D eigenvalue weighted by Crippen LogP contribution is 2.38. The Morgan fingerprint density at radius 3 is 1.74 bits per heavy atom. The van der Waals surface area contributed by atoms with Gasteiger partial charge < -0.3 is 0 Å². The van der Waals surface area contributed by atoms with Crippen LogP contribution in [0.25, 0.3) is 80.7 Å². The zero-order valence-corrected chi connectivity index (χ0v) is 23.2. The molecule has 9 aromatic rings. The quantitative estimate of drug-likeness (QED) is 0.199. The maximum absolute atomic E-state index is 13.3. The molecule has 3 nitrogen and oxygen atoms in total. The summed E-state index contributed by atoms with van der Waals surface area (Å²) in [6.07, 6.45) is 0. The zero-order valence-electron chi connectivity index (χ0n) is 22.4. The second kappa shape index (κ2) is 8.84. The minimum absolute atomic E-state index is 0.0202. The van der Waals surface area contributed by atoms with E-state index in [1.165, 1.54) is 43.4 Å². The van der Waals surface area contributed by atoms with Gasteiger partial charge in [0.25, 0.3) is 5.56 Å². The lowest BCUT2D eigenvalue weighted by molar-refractivity contribution is 1.16. The topological polar surface area (TPSA) is 34.4 Å². The molecule has 9 rings (SSSR count). The molecule has 0 amide bonds. The van der Waals surface area contributed by atoms with Crippen LogP contribution in [0.15, 0.2) is 138 Å². The van der Waals surface area contributed by atoms with Crippen LogP contribution in [0.1, 0.15) is 0 Å². The van der Waals surface area contributed by atoms with Crippen LogP contribution in [-0.4, -0.2) is 9.38 Å². The van der Waals surface area contributed by atoms with Gasteiger partial charge in [-0.15, -0.1) is 0 Å². The lowest BCUT2D eigenvalue weighted by Crippen LogP contribution is -2.13. The molecule has 0 unspecified atom stereocenters. The molecule has 4 heteroatoms. The van der Waals surface area contributed by atoms with Crippen LogP contribution < -0.4 is 5.56 Å². The van der Waals surface area contributed by atoms with Gasteiger partial charge in [-0.3, -0.25) is 9.20 Å². The van der Waals surface area contributed by atoms with Crippen LogP contribution in [0.2, 0.25) is 0 Å². The molecule has 2 heterocycles. The van der Waals surface area contributed by atoms with Gasteiger partial charge in [0.2, 0.25) is 0 Å². The summed E-state index contributed by atoms with van der Waals surface area (Å²) in [4.78, 5) is 18.8. The van der Waals surface area contributed by atoms with Crippen LogP contribution in [0.5, 0.6) is 0 Å². The van der Waals surface area contributed by atoms with E-state index in [2.05, 4.69) is 103 Å². The predicted molar refractivity (Wildman–Crippen MR) is 178 cm³/mol. The Labute approximate surface area is 244 Å². The first-order valence-corrected chi connectivity index (χ1v) is 14.8. The van der Waals surface area contributed by atoms with E-state index in [9.17, 15) is 4.79 Å². The molecule has 0 bridgehead atoms. The fraction of sp³-hybridized carbons (Fsp3) is 0. The van der Waals surface area contributed by atoms with Crippen LogP contribution in [-0.2, 0) is 0 Å². The summed E-state index contributed by atoms with van der Waals surface area (Å²) in [6.45, 7) is 0. The average molecular weight is 555 g/mol. The predicted octanol–water partition coefficient (Wildman–Crippen LogP) is 9.86. The molecule has 0 atom stereocenters. The number of fused-ring (bicyclic) bond motifs is 10. The average Bonchev–Trinajstić information content (AvgIpc) is 3.42. The highest BCUT2D eigenvalue weighted by Gasteiger charge is 2.13. The molecule has 0 saturated heterocycles. The van der Waals surface area contributed by atoms with Gasteiger partial charge in [-0.05, 0) is 91.0 Å². The summed E-state index contributed by atoms with van der Waals surface area (Å²) >= 11 is 1.56. The fourth-order valence-electron chi connectivity index (χ4n) is 6.42. The Kier molecular flexibility index (Phi) is 4.92. The van der Waals surface area contributed by atoms with Gasteiger partial charge in [-0.25, -0.2) is 4.98 Å². The van der Waals surface area contributed by atoms with E-state index in [0.29, 0.717) is 5.39 Å². The van der Waals surface area contributed by atoms with Crippen molar-refractivity contribution in [2.24, 2.45) is 0 Å². The first kappa shape index (κ1) is 23.4. The summed E-state index contributed by atoms with van der Waals surface area (Å²) in [5.41, 5.74) is 6.23. The molecular formula is C38H22N2OS. The molecular weight excluding hydrogens is 532 g/mol. The van der Waals surface area contributed by atoms with Crippen molar-refractivity contribution in [3.05, 3.63) is 144 Å². The standard InChI is InChI=1S/C38H22N2OS/c41-37-32-14-5-6-15-34(32)39-38-40(37)35-19-17-26(22-36(35)42-38)24-9-7-8-23(20-24)25-16-18-31-29-12-2-1-10-27(29)28-11-3-4-13-30(28)33(31)21-25/h1-22H. The molecule has 0 aliphatic rings. The monoisotopic (exact) mass is 554 g/mol. The SMILES string of the molecule is O=c1c2ccccc2nc2sc3cc(-c4cccc(-c5ccc6c7ccccc7c7ccccc7c6c5)c4)ccc3n12. The number of para-hydroxylation sites is 1. The van der Waals surface area contributed by atoms with E-state index in [0.717, 1.165) is 31.8 Å². The smallest absolute Gasteiger partial charge is 0.266 e. The Morgan fingerprint density at radius 2 is 1.02 bits per heavy atom. The fourth-order valence-corrected chi connectivity index (χ4v) is 7.48. The first-order chi connectivity index (χ1) is 20.7. The summed E-state index contributed by atoms with van der Waals surface area (Å²) < 4.78 is 2.79. The van der Waals surface area contributed by atoms with Gasteiger partial charge >= 0.3 is 0 Å². The number of benzene rings is 7. The molecule has 0 aliphatic heterocycles. The zero-order chi connectivity index (χ0) is 27.8. The van der Waals surface area contributed by atoms with Crippen molar-refractivity contribution in [2.45, 2.75) is 0 Å². The van der Waals surface area contributed by atoms with E-state index in [1.807, 2.05) is 30.3 Å². The lowest BCUT2D eigenvalue weighted by Gasteiger charge is -2.12. The third kappa shape index (κ3) is 3.39. The molecule has 42 heavy (non-hydrogen) atoms. The highest BCUT2D eigenvalue weighted by molar-refractivity contribution is 7.23. The third-order valence-electron chi connectivity index (χ3n) is 8.42. The minimum atomic E-state index is -0.0202. The van der Waals surface area contributed by atoms with Gasteiger partial charge in [0.15, 0.2) is 4.96 Å². The Hall–Kier alpha value is -5.32. The third-order valence-corrected chi connectivity index (χ3v) is 9.42. The Balaban J connectivity index is 1.19. The maximum Gasteiger partial charge on any atom is 0.266 e. The largest absolute Gasteiger partial charge is 0.268 e. The van der Waals surface area contributed by atoms with Crippen molar-refractivity contribution >= 4 is 69.7 Å². The molecule has 0 spiro atoms. The second-order valence-corrected chi connectivity index (χ2v) is 11.8. The van der Waals surface area contributed by atoms with E-state index >= 15 is 0 Å². The van der Waals surface area contributed by atoms with Gasteiger partial charge in [-0.2, -0.15) is 0 Å². The van der Waals surface area contributed by atoms with E-state index in [4.69, 9.17) is 4.98 Å². The second-order valence-electron chi connectivity index (χ2n) is 10.8. The van der Waals surface area contributed by atoms with Crippen molar-refractivity contribution < 1.29 is 0 Å². The number of thiazole rings is 1.